The minimum atomic E-state index is -3.93. The fraction of sp³-hybridized carbons (Fsp3) is 0.333. The van der Waals surface area contributed by atoms with Gasteiger partial charge in [0, 0.05) is 6.54 Å². The highest BCUT2D eigenvalue weighted by Crippen LogP contribution is 2.26. The Balaban J connectivity index is 1.76. The highest BCUT2D eigenvalue weighted by Gasteiger charge is 2.38. The summed E-state index contributed by atoms with van der Waals surface area (Å²) in [5, 5.41) is -1.04. The molecule has 0 unspecified atom stereocenters. The maximum absolute atomic E-state index is 12.7. The molecule has 1 N–H and O–H groups in total. The van der Waals surface area contributed by atoms with Crippen LogP contribution in [0, 0.1) is 0 Å². The van der Waals surface area contributed by atoms with Crippen molar-refractivity contribution in [3.05, 3.63) is 60.2 Å². The highest BCUT2D eigenvalue weighted by atomic mass is 32.2. The largest absolute Gasteiger partial charge is 0.240 e. The molecule has 3 rings (SSSR count). The van der Waals surface area contributed by atoms with E-state index in [9.17, 15) is 25.3 Å². The zero-order chi connectivity index (χ0) is 20.4. The zero-order valence-corrected chi connectivity index (χ0v) is 17.4. The summed E-state index contributed by atoms with van der Waals surface area (Å²) >= 11 is 0. The first-order valence-electron chi connectivity index (χ1n) is 8.68. The lowest BCUT2D eigenvalue weighted by Crippen LogP contribution is -2.27. The van der Waals surface area contributed by atoms with Gasteiger partial charge < -0.3 is 0 Å². The molecule has 1 fully saturated rings. The third kappa shape index (κ3) is 4.80. The fourth-order valence-electron chi connectivity index (χ4n) is 3.07. The first kappa shape index (κ1) is 21.0. The number of nitrogens with one attached hydrogen (secondary N) is 1. The fourth-order valence-corrected chi connectivity index (χ4v) is 8.63. The van der Waals surface area contributed by atoms with Crippen molar-refractivity contribution in [3.63, 3.8) is 0 Å². The summed E-state index contributed by atoms with van der Waals surface area (Å²) in [5.74, 6) is -0.600. The Bertz CT molecular complexity index is 1160. The third-order valence-electron chi connectivity index (χ3n) is 4.62. The Morgan fingerprint density at radius 2 is 1.61 bits per heavy atom. The molecule has 1 saturated heterocycles. The highest BCUT2D eigenvalue weighted by molar-refractivity contribution is 7.96. The minimum absolute atomic E-state index is 0.0248. The summed E-state index contributed by atoms with van der Waals surface area (Å²) in [7, 11) is -11.2. The lowest BCUT2D eigenvalue weighted by atomic mass is 10.2. The van der Waals surface area contributed by atoms with Crippen molar-refractivity contribution in [1.29, 1.82) is 0 Å². The van der Waals surface area contributed by atoms with Crippen LogP contribution in [0.3, 0.4) is 0 Å². The Labute approximate surface area is 165 Å². The van der Waals surface area contributed by atoms with Crippen LogP contribution in [-0.4, -0.2) is 48.6 Å². The molecule has 0 spiro atoms. The summed E-state index contributed by atoms with van der Waals surface area (Å²) in [5.41, 5.74) is 0.976. The van der Waals surface area contributed by atoms with Crippen LogP contribution in [0.1, 0.15) is 12.0 Å². The van der Waals surface area contributed by atoms with Crippen LogP contribution in [0.5, 0.6) is 0 Å². The number of hydrogen-bond acceptors (Lipinski definition) is 6. The molecule has 10 heteroatoms. The number of sulfone groups is 2. The zero-order valence-electron chi connectivity index (χ0n) is 15.0. The second-order valence-corrected chi connectivity index (χ2v) is 12.9. The van der Waals surface area contributed by atoms with Gasteiger partial charge in [-0.25, -0.2) is 30.0 Å². The van der Waals surface area contributed by atoms with Crippen molar-refractivity contribution < 1.29 is 25.3 Å². The standard InChI is InChI=1S/C18H21NO6S3/c20-26(21)12-10-18(14-26)27(22,23)16-7-4-8-17(13-16)28(24,25)19-11-9-15-5-2-1-3-6-15/h1-8,13,18-19H,9-12,14H2/t18-/m1/s1. The van der Waals surface area contributed by atoms with Crippen molar-refractivity contribution in [2.75, 3.05) is 18.1 Å². The molecule has 0 aromatic heterocycles. The van der Waals surface area contributed by atoms with Crippen molar-refractivity contribution in [2.24, 2.45) is 0 Å². The first-order valence-corrected chi connectivity index (χ1v) is 13.5. The van der Waals surface area contributed by atoms with Crippen LogP contribution in [0.25, 0.3) is 0 Å². The second-order valence-electron chi connectivity index (χ2n) is 6.68. The molecule has 0 radical (unpaired) electrons. The summed E-state index contributed by atoms with van der Waals surface area (Å²) < 4.78 is 76.2. The Morgan fingerprint density at radius 3 is 2.25 bits per heavy atom. The van der Waals surface area contributed by atoms with Gasteiger partial charge in [-0.15, -0.1) is 0 Å². The molecule has 1 aliphatic rings. The molecule has 1 aliphatic heterocycles. The van der Waals surface area contributed by atoms with E-state index in [1.54, 1.807) is 0 Å². The van der Waals surface area contributed by atoms with Gasteiger partial charge in [0.1, 0.15) is 0 Å². The Morgan fingerprint density at radius 1 is 0.929 bits per heavy atom. The maximum atomic E-state index is 12.7. The first-order chi connectivity index (χ1) is 13.1. The van der Waals surface area contributed by atoms with Gasteiger partial charge in [0.15, 0.2) is 19.7 Å². The van der Waals surface area contributed by atoms with Gasteiger partial charge in [0.2, 0.25) is 10.0 Å². The lowest BCUT2D eigenvalue weighted by molar-refractivity contribution is 0.579. The molecule has 7 nitrogen and oxygen atoms in total. The van der Waals surface area contributed by atoms with Gasteiger partial charge in [-0.3, -0.25) is 0 Å². The number of hydrogen-bond donors (Lipinski definition) is 1. The third-order valence-corrected chi connectivity index (χ3v) is 10.3. The van der Waals surface area contributed by atoms with Crippen molar-refractivity contribution in [1.82, 2.24) is 4.72 Å². The van der Waals surface area contributed by atoms with Crippen LogP contribution in [0.2, 0.25) is 0 Å². The maximum Gasteiger partial charge on any atom is 0.240 e. The van der Waals surface area contributed by atoms with E-state index in [0.29, 0.717) is 6.42 Å². The van der Waals surface area contributed by atoms with E-state index in [2.05, 4.69) is 4.72 Å². The molecule has 152 valence electrons. The molecule has 1 heterocycles. The van der Waals surface area contributed by atoms with Crippen LogP contribution < -0.4 is 4.72 Å². The molecule has 2 aromatic carbocycles. The van der Waals surface area contributed by atoms with E-state index in [4.69, 9.17) is 0 Å². The predicted molar refractivity (Wildman–Crippen MR) is 106 cm³/mol. The topological polar surface area (TPSA) is 114 Å². The summed E-state index contributed by atoms with van der Waals surface area (Å²) in [6.07, 6.45) is 0.523. The van der Waals surface area contributed by atoms with Crippen molar-refractivity contribution >= 4 is 29.7 Å². The van der Waals surface area contributed by atoms with Gasteiger partial charge in [-0.1, -0.05) is 36.4 Å². The van der Waals surface area contributed by atoms with E-state index in [0.717, 1.165) is 11.6 Å². The summed E-state index contributed by atoms with van der Waals surface area (Å²) in [6, 6.07) is 14.4. The quantitative estimate of drug-likeness (QED) is 0.687. The van der Waals surface area contributed by atoms with Gasteiger partial charge in [-0.05, 0) is 36.6 Å². The molecule has 28 heavy (non-hydrogen) atoms. The van der Waals surface area contributed by atoms with Crippen LogP contribution in [0.4, 0.5) is 0 Å². The molecule has 1 atom stereocenters. The van der Waals surface area contributed by atoms with E-state index in [1.807, 2.05) is 30.3 Å². The molecular formula is C18H21NO6S3. The SMILES string of the molecule is O=S1(=O)CC[C@@H](S(=O)(=O)c2cccc(S(=O)(=O)NCCc3ccccc3)c2)C1. The van der Waals surface area contributed by atoms with Gasteiger partial charge in [-0.2, -0.15) is 0 Å². The molecule has 2 aromatic rings. The van der Waals surface area contributed by atoms with E-state index in [-0.39, 0.29) is 28.5 Å². The van der Waals surface area contributed by atoms with Crippen LogP contribution >= 0.6 is 0 Å². The molecule has 0 bridgehead atoms. The monoisotopic (exact) mass is 443 g/mol. The normalized spacial score (nSPS) is 19.5. The lowest BCUT2D eigenvalue weighted by Gasteiger charge is -2.12. The Kier molecular flexibility index (Phi) is 5.95. The molecular weight excluding hydrogens is 422 g/mol. The van der Waals surface area contributed by atoms with Crippen molar-refractivity contribution in [3.8, 4) is 0 Å². The Hall–Kier alpha value is -1.75. The van der Waals surface area contributed by atoms with Crippen LogP contribution in [-0.2, 0) is 36.1 Å². The van der Waals surface area contributed by atoms with E-state index >= 15 is 0 Å². The smallest absolute Gasteiger partial charge is 0.229 e. The van der Waals surface area contributed by atoms with E-state index < -0.39 is 40.7 Å². The predicted octanol–water partition coefficient (Wildman–Crippen LogP) is 1.17. The molecule has 0 saturated carbocycles. The van der Waals surface area contributed by atoms with Crippen LogP contribution in [0.15, 0.2) is 64.4 Å². The summed E-state index contributed by atoms with van der Waals surface area (Å²) in [6.45, 7) is 0.171. The average molecular weight is 444 g/mol. The van der Waals surface area contributed by atoms with E-state index in [1.165, 1.54) is 18.2 Å². The second kappa shape index (κ2) is 7.94. The van der Waals surface area contributed by atoms with Gasteiger partial charge in [0.25, 0.3) is 0 Å². The summed E-state index contributed by atoms with van der Waals surface area (Å²) in [4.78, 5) is -0.344. The number of rotatable bonds is 7. The van der Waals surface area contributed by atoms with Gasteiger partial charge >= 0.3 is 0 Å². The average Bonchev–Trinajstić information content (AvgIpc) is 3.03. The number of benzene rings is 2. The minimum Gasteiger partial charge on any atom is -0.229 e. The molecule has 0 amide bonds. The van der Waals surface area contributed by atoms with Crippen molar-refractivity contribution in [2.45, 2.75) is 27.9 Å². The number of sulfonamides is 1. The molecule has 0 aliphatic carbocycles. The van der Waals surface area contributed by atoms with Gasteiger partial charge in [0.05, 0.1) is 26.5 Å².